The minimum Gasteiger partial charge on any atom is -0.422 e. The molecule has 6 heteroatoms. The number of nitrogens with zero attached hydrogens (tertiary/aromatic N) is 3. The lowest BCUT2D eigenvalue weighted by molar-refractivity contribution is -0.130. The third-order valence-electron chi connectivity index (χ3n) is 6.81. The van der Waals surface area contributed by atoms with Crippen LogP contribution < -0.4 is 0 Å². The van der Waals surface area contributed by atoms with E-state index in [1.165, 1.54) is 25.7 Å². The molecule has 0 saturated carbocycles. The van der Waals surface area contributed by atoms with Crippen LogP contribution in [0.5, 0.6) is 0 Å². The quantitative estimate of drug-likeness (QED) is 0.171. The van der Waals surface area contributed by atoms with Crippen molar-refractivity contribution in [2.45, 2.75) is 97.6 Å². The number of aryl methyl sites for hydroxylation is 1. The van der Waals surface area contributed by atoms with Gasteiger partial charge in [0, 0.05) is 39.5 Å². The fraction of sp³-hybridized carbons (Fsp3) is 0.531. The topological polar surface area (TPSA) is 68.5 Å². The third kappa shape index (κ3) is 9.39. The van der Waals surface area contributed by atoms with E-state index in [9.17, 15) is 4.79 Å². The standard InChI is InChI=1S/C32H45N3O3/c1-5-8-9-10-11-12-17-31(36)35(4)24-26-15-13-16-28(22-26)27-20-18-25(19-21-27)23-29(37-7-3)32-34-33-30(38-32)14-6-2/h13,15-16,18-22,29H,5-12,14,17,23-24H2,1-4H3. The van der Waals surface area contributed by atoms with Crippen LogP contribution in [-0.2, 0) is 28.9 Å². The summed E-state index contributed by atoms with van der Waals surface area (Å²) in [4.78, 5) is 14.5. The van der Waals surface area contributed by atoms with Gasteiger partial charge in [-0.2, -0.15) is 0 Å². The minimum absolute atomic E-state index is 0.224. The fourth-order valence-corrected chi connectivity index (χ4v) is 4.64. The van der Waals surface area contributed by atoms with E-state index in [-0.39, 0.29) is 12.0 Å². The van der Waals surface area contributed by atoms with Crippen molar-refractivity contribution in [2.75, 3.05) is 13.7 Å². The molecule has 0 aliphatic rings. The van der Waals surface area contributed by atoms with Crippen LogP contribution in [0.15, 0.2) is 52.9 Å². The van der Waals surface area contributed by atoms with Gasteiger partial charge in [0.1, 0.15) is 6.10 Å². The predicted octanol–water partition coefficient (Wildman–Crippen LogP) is 7.72. The number of aromatic nitrogens is 2. The Morgan fingerprint density at radius 1 is 0.895 bits per heavy atom. The molecule has 38 heavy (non-hydrogen) atoms. The molecular formula is C32H45N3O3. The van der Waals surface area contributed by atoms with Crippen LogP contribution >= 0.6 is 0 Å². The average Bonchev–Trinajstić information content (AvgIpc) is 3.39. The second-order valence-electron chi connectivity index (χ2n) is 10.1. The summed E-state index contributed by atoms with van der Waals surface area (Å²) >= 11 is 0. The van der Waals surface area contributed by atoms with E-state index in [0.717, 1.165) is 47.9 Å². The van der Waals surface area contributed by atoms with Crippen molar-refractivity contribution in [2.24, 2.45) is 0 Å². The first-order chi connectivity index (χ1) is 18.5. The molecule has 0 aliphatic heterocycles. The van der Waals surface area contributed by atoms with Gasteiger partial charge in [0.2, 0.25) is 17.7 Å². The van der Waals surface area contributed by atoms with Crippen molar-refractivity contribution in [3.05, 3.63) is 71.4 Å². The number of carbonyl (C=O) groups is 1. The van der Waals surface area contributed by atoms with Crippen molar-refractivity contribution >= 4 is 5.91 Å². The van der Waals surface area contributed by atoms with Crippen LogP contribution in [0.2, 0.25) is 0 Å². The van der Waals surface area contributed by atoms with Gasteiger partial charge >= 0.3 is 0 Å². The summed E-state index contributed by atoms with van der Waals surface area (Å²) in [6, 6.07) is 17.0. The summed E-state index contributed by atoms with van der Waals surface area (Å²) in [5.41, 5.74) is 4.58. The molecule has 0 bridgehead atoms. The highest BCUT2D eigenvalue weighted by molar-refractivity contribution is 5.76. The normalized spacial score (nSPS) is 12.0. The molecule has 1 heterocycles. The van der Waals surface area contributed by atoms with Gasteiger partial charge in [-0.05, 0) is 48.1 Å². The zero-order chi connectivity index (χ0) is 27.2. The van der Waals surface area contributed by atoms with E-state index in [0.29, 0.717) is 37.8 Å². The summed E-state index contributed by atoms with van der Waals surface area (Å²) in [7, 11) is 1.91. The van der Waals surface area contributed by atoms with Crippen molar-refractivity contribution in [1.29, 1.82) is 0 Å². The molecule has 1 atom stereocenters. The van der Waals surface area contributed by atoms with Gasteiger partial charge in [-0.15, -0.1) is 10.2 Å². The summed E-state index contributed by atoms with van der Waals surface area (Å²) in [5, 5.41) is 8.37. The Hall–Kier alpha value is -2.99. The highest BCUT2D eigenvalue weighted by Crippen LogP contribution is 2.26. The number of amides is 1. The number of hydrogen-bond donors (Lipinski definition) is 0. The maximum Gasteiger partial charge on any atom is 0.245 e. The van der Waals surface area contributed by atoms with E-state index in [2.05, 4.69) is 72.6 Å². The molecule has 0 spiro atoms. The maximum atomic E-state index is 12.6. The van der Waals surface area contributed by atoms with Crippen LogP contribution in [0.3, 0.4) is 0 Å². The molecule has 1 aromatic heterocycles. The third-order valence-corrected chi connectivity index (χ3v) is 6.81. The highest BCUT2D eigenvalue weighted by Gasteiger charge is 2.20. The largest absolute Gasteiger partial charge is 0.422 e. The second kappa shape index (κ2) is 16.1. The van der Waals surface area contributed by atoms with E-state index in [1.807, 2.05) is 18.9 Å². The molecule has 3 rings (SSSR count). The zero-order valence-corrected chi connectivity index (χ0v) is 23.7. The lowest BCUT2D eigenvalue weighted by Crippen LogP contribution is -2.25. The van der Waals surface area contributed by atoms with Gasteiger partial charge < -0.3 is 14.1 Å². The van der Waals surface area contributed by atoms with Crippen LogP contribution in [0.25, 0.3) is 11.1 Å². The van der Waals surface area contributed by atoms with Gasteiger partial charge in [-0.1, -0.05) is 88.4 Å². The van der Waals surface area contributed by atoms with Crippen molar-refractivity contribution < 1.29 is 13.9 Å². The Balaban J connectivity index is 1.56. The summed E-state index contributed by atoms with van der Waals surface area (Å²) in [6.07, 6.45) is 9.98. The number of ether oxygens (including phenoxy) is 1. The number of hydrogen-bond acceptors (Lipinski definition) is 5. The molecule has 0 N–H and O–H groups in total. The molecular weight excluding hydrogens is 474 g/mol. The molecule has 6 nitrogen and oxygen atoms in total. The molecule has 1 unspecified atom stereocenters. The first-order valence-electron chi connectivity index (χ1n) is 14.4. The average molecular weight is 520 g/mol. The summed E-state index contributed by atoms with van der Waals surface area (Å²) < 4.78 is 11.8. The first kappa shape index (κ1) is 29.6. The number of carbonyl (C=O) groups excluding carboxylic acids is 1. The summed E-state index contributed by atoms with van der Waals surface area (Å²) in [5.74, 6) is 1.43. The van der Waals surface area contributed by atoms with Gasteiger partial charge in [0.15, 0.2) is 0 Å². The lowest BCUT2D eigenvalue weighted by atomic mass is 9.99. The Bertz CT molecular complexity index is 1090. The van der Waals surface area contributed by atoms with E-state index >= 15 is 0 Å². The van der Waals surface area contributed by atoms with Crippen molar-refractivity contribution in [3.8, 4) is 11.1 Å². The van der Waals surface area contributed by atoms with Crippen molar-refractivity contribution in [3.63, 3.8) is 0 Å². The van der Waals surface area contributed by atoms with Gasteiger partial charge in [0.05, 0.1) is 0 Å². The number of benzene rings is 2. The molecule has 0 radical (unpaired) electrons. The Morgan fingerprint density at radius 3 is 2.39 bits per heavy atom. The molecule has 3 aromatic rings. The maximum absolute atomic E-state index is 12.6. The Kier molecular flexibility index (Phi) is 12.5. The molecule has 2 aromatic carbocycles. The smallest absolute Gasteiger partial charge is 0.245 e. The van der Waals surface area contributed by atoms with Crippen LogP contribution in [0.4, 0.5) is 0 Å². The number of rotatable bonds is 17. The monoisotopic (exact) mass is 519 g/mol. The highest BCUT2D eigenvalue weighted by atomic mass is 16.5. The Labute approximate surface area is 228 Å². The van der Waals surface area contributed by atoms with Gasteiger partial charge in [0.25, 0.3) is 0 Å². The molecule has 1 amide bonds. The van der Waals surface area contributed by atoms with Crippen molar-refractivity contribution in [1.82, 2.24) is 15.1 Å². The van der Waals surface area contributed by atoms with Crippen LogP contribution in [0, 0.1) is 0 Å². The van der Waals surface area contributed by atoms with Crippen LogP contribution in [-0.4, -0.2) is 34.7 Å². The number of unbranched alkanes of at least 4 members (excludes halogenated alkanes) is 5. The fourth-order valence-electron chi connectivity index (χ4n) is 4.64. The SMILES string of the molecule is CCCCCCCCC(=O)N(C)Cc1cccc(-c2ccc(CC(OCC)c3nnc(CCC)o3)cc2)c1. The lowest BCUT2D eigenvalue weighted by Gasteiger charge is -2.18. The minimum atomic E-state index is -0.253. The van der Waals surface area contributed by atoms with Crippen LogP contribution in [0.1, 0.15) is 101 Å². The predicted molar refractivity (Wildman–Crippen MR) is 153 cm³/mol. The van der Waals surface area contributed by atoms with Gasteiger partial charge in [-0.3, -0.25) is 4.79 Å². The molecule has 0 saturated heterocycles. The Morgan fingerprint density at radius 2 is 1.66 bits per heavy atom. The summed E-state index contributed by atoms with van der Waals surface area (Å²) in [6.45, 7) is 7.50. The molecule has 0 fully saturated rings. The van der Waals surface area contributed by atoms with E-state index in [1.54, 1.807) is 0 Å². The zero-order valence-electron chi connectivity index (χ0n) is 23.7. The molecule has 0 aliphatic carbocycles. The first-order valence-corrected chi connectivity index (χ1v) is 14.4. The second-order valence-corrected chi connectivity index (χ2v) is 10.1. The van der Waals surface area contributed by atoms with Gasteiger partial charge in [-0.25, -0.2) is 0 Å². The molecule has 206 valence electrons. The van der Waals surface area contributed by atoms with E-state index in [4.69, 9.17) is 9.15 Å². The van der Waals surface area contributed by atoms with E-state index < -0.39 is 0 Å².